The molecule has 0 unspecified atom stereocenters. The molecule has 1 heterocycles. The molecule has 1 aliphatic heterocycles. The van der Waals surface area contributed by atoms with Gasteiger partial charge in [0.25, 0.3) is 11.8 Å². The minimum atomic E-state index is -4.01. The molecule has 2 aromatic carbocycles. The summed E-state index contributed by atoms with van der Waals surface area (Å²) in [5.74, 6) is -2.93. The first-order chi connectivity index (χ1) is 11.2. The molecule has 0 fully saturated rings. The first kappa shape index (κ1) is 15.8. The van der Waals surface area contributed by atoms with Gasteiger partial charge in [0.15, 0.2) is 0 Å². The molecule has 2 amide bonds. The van der Waals surface area contributed by atoms with E-state index in [4.69, 9.17) is 5.14 Å². The van der Waals surface area contributed by atoms with Crippen LogP contribution >= 0.6 is 0 Å². The average Bonchev–Trinajstić information content (AvgIpc) is 2.77. The number of carboxylic acid groups (broad SMARTS) is 1. The number of carbonyl (C=O) groups is 3. The molecule has 3 rings (SSSR count). The van der Waals surface area contributed by atoms with Crippen LogP contribution in [0.2, 0.25) is 0 Å². The normalized spacial score (nSPS) is 14.0. The first-order valence-corrected chi connectivity index (χ1v) is 8.12. The van der Waals surface area contributed by atoms with Crippen molar-refractivity contribution in [2.45, 2.75) is 4.90 Å². The summed E-state index contributed by atoms with van der Waals surface area (Å²) in [6.45, 7) is 0. The molecule has 8 nitrogen and oxygen atoms in total. The van der Waals surface area contributed by atoms with Crippen molar-refractivity contribution in [1.82, 2.24) is 0 Å². The molecule has 1 aliphatic rings. The Balaban J connectivity index is 2.10. The summed E-state index contributed by atoms with van der Waals surface area (Å²) in [7, 11) is -4.01. The molecule has 0 bridgehead atoms. The van der Waals surface area contributed by atoms with Crippen LogP contribution in [0.5, 0.6) is 0 Å². The fraction of sp³-hybridized carbons (Fsp3) is 0. The van der Waals surface area contributed by atoms with Crippen molar-refractivity contribution in [2.75, 3.05) is 4.90 Å². The molecule has 9 heteroatoms. The van der Waals surface area contributed by atoms with Crippen LogP contribution in [0.25, 0.3) is 0 Å². The molecular formula is C15H9N2O6S-. The molecule has 0 atom stereocenters. The number of aromatic carboxylic acids is 1. The summed E-state index contributed by atoms with van der Waals surface area (Å²) in [6.07, 6.45) is 0. The van der Waals surface area contributed by atoms with Gasteiger partial charge in [-0.05, 0) is 35.9 Å². The van der Waals surface area contributed by atoms with Crippen molar-refractivity contribution in [3.8, 4) is 0 Å². The third-order valence-corrected chi connectivity index (χ3v) is 4.44. The maximum absolute atomic E-state index is 12.5. The molecule has 0 saturated carbocycles. The lowest BCUT2D eigenvalue weighted by Gasteiger charge is -2.14. The van der Waals surface area contributed by atoms with E-state index >= 15 is 0 Å². The summed E-state index contributed by atoms with van der Waals surface area (Å²) in [6, 6.07) is 8.45. The molecule has 122 valence electrons. The second kappa shape index (κ2) is 5.25. The summed E-state index contributed by atoms with van der Waals surface area (Å²) in [5.41, 5.74) is -0.300. The number of nitrogens with two attached hydrogens (primary N) is 1. The van der Waals surface area contributed by atoms with Crippen molar-refractivity contribution in [3.05, 3.63) is 59.2 Å². The van der Waals surface area contributed by atoms with Gasteiger partial charge in [0, 0.05) is 0 Å². The summed E-state index contributed by atoms with van der Waals surface area (Å²) in [4.78, 5) is 36.3. The number of sulfonamides is 1. The third-order valence-electron chi connectivity index (χ3n) is 3.53. The maximum atomic E-state index is 12.5. The molecule has 0 saturated heterocycles. The molecule has 2 aromatic rings. The smallest absolute Gasteiger partial charge is 0.266 e. The third kappa shape index (κ3) is 2.45. The number of anilines is 1. The molecule has 0 aromatic heterocycles. The number of amides is 2. The molecular weight excluding hydrogens is 336 g/mol. The number of rotatable bonds is 3. The van der Waals surface area contributed by atoms with Crippen LogP contribution in [0.1, 0.15) is 31.1 Å². The van der Waals surface area contributed by atoms with Crippen molar-refractivity contribution < 1.29 is 27.9 Å². The lowest BCUT2D eigenvalue weighted by Crippen LogP contribution is -2.29. The largest absolute Gasteiger partial charge is 0.545 e. The van der Waals surface area contributed by atoms with Crippen LogP contribution in [-0.2, 0) is 10.0 Å². The van der Waals surface area contributed by atoms with Crippen LogP contribution in [0.3, 0.4) is 0 Å². The van der Waals surface area contributed by atoms with E-state index in [1.165, 1.54) is 24.3 Å². The summed E-state index contributed by atoms with van der Waals surface area (Å²) >= 11 is 0. The van der Waals surface area contributed by atoms with Crippen LogP contribution in [-0.4, -0.2) is 26.2 Å². The predicted molar refractivity (Wildman–Crippen MR) is 79.7 cm³/mol. The van der Waals surface area contributed by atoms with Crippen LogP contribution in [0, 0.1) is 0 Å². The SMILES string of the molecule is NS(=O)(=O)c1cccc(N2C(=O)c3ccc(C(=O)[O-])cc3C2=O)c1. The minimum absolute atomic E-state index is 0.0164. The molecule has 0 aliphatic carbocycles. The van der Waals surface area contributed by atoms with E-state index < -0.39 is 27.8 Å². The molecule has 0 radical (unpaired) electrons. The van der Waals surface area contributed by atoms with Gasteiger partial charge in [0.05, 0.1) is 27.7 Å². The number of benzene rings is 2. The average molecular weight is 345 g/mol. The van der Waals surface area contributed by atoms with Gasteiger partial charge in [0.2, 0.25) is 10.0 Å². The van der Waals surface area contributed by atoms with Gasteiger partial charge < -0.3 is 9.90 Å². The predicted octanol–water partition coefficient (Wildman–Crippen LogP) is -0.502. The zero-order valence-electron chi connectivity index (χ0n) is 11.9. The van der Waals surface area contributed by atoms with E-state index in [0.717, 1.165) is 23.1 Å². The molecule has 2 N–H and O–H groups in total. The van der Waals surface area contributed by atoms with Gasteiger partial charge in [-0.3, -0.25) is 9.59 Å². The van der Waals surface area contributed by atoms with E-state index in [1.54, 1.807) is 0 Å². The van der Waals surface area contributed by atoms with Crippen LogP contribution in [0.15, 0.2) is 47.4 Å². The number of carbonyl (C=O) groups excluding carboxylic acids is 3. The van der Waals surface area contributed by atoms with E-state index in [9.17, 15) is 27.9 Å². The minimum Gasteiger partial charge on any atom is -0.545 e. The quantitative estimate of drug-likeness (QED) is 0.744. The zero-order chi connectivity index (χ0) is 17.6. The lowest BCUT2D eigenvalue weighted by molar-refractivity contribution is -0.255. The Morgan fingerprint density at radius 2 is 1.67 bits per heavy atom. The van der Waals surface area contributed by atoms with Crippen LogP contribution in [0.4, 0.5) is 5.69 Å². The van der Waals surface area contributed by atoms with Crippen LogP contribution < -0.4 is 15.1 Å². The van der Waals surface area contributed by atoms with Gasteiger partial charge in [-0.15, -0.1) is 0 Å². The molecule has 24 heavy (non-hydrogen) atoms. The molecule has 0 spiro atoms. The van der Waals surface area contributed by atoms with Gasteiger partial charge in [-0.2, -0.15) is 0 Å². The number of primary sulfonamides is 1. The topological polar surface area (TPSA) is 138 Å². The lowest BCUT2D eigenvalue weighted by atomic mass is 10.1. The fourth-order valence-electron chi connectivity index (χ4n) is 2.40. The Morgan fingerprint density at radius 3 is 2.29 bits per heavy atom. The van der Waals surface area contributed by atoms with Crippen molar-refractivity contribution in [2.24, 2.45) is 5.14 Å². The Hall–Kier alpha value is -3.04. The van der Waals surface area contributed by atoms with E-state index in [0.29, 0.717) is 0 Å². The highest BCUT2D eigenvalue weighted by Crippen LogP contribution is 2.30. The first-order valence-electron chi connectivity index (χ1n) is 6.57. The monoisotopic (exact) mass is 345 g/mol. The standard InChI is InChI=1S/C15H10N2O6S/c16-24(22,23)10-3-1-2-9(7-10)17-13(18)11-5-4-8(15(20)21)6-12(11)14(17)19/h1-7H,(H,20,21)(H2,16,22,23)/p-1. The van der Waals surface area contributed by atoms with Crippen molar-refractivity contribution in [1.29, 1.82) is 0 Å². The number of hydrogen-bond acceptors (Lipinski definition) is 6. The number of imide groups is 1. The maximum Gasteiger partial charge on any atom is 0.266 e. The van der Waals surface area contributed by atoms with Gasteiger partial charge >= 0.3 is 0 Å². The zero-order valence-corrected chi connectivity index (χ0v) is 12.7. The summed E-state index contributed by atoms with van der Waals surface area (Å²) < 4.78 is 22.8. The van der Waals surface area contributed by atoms with E-state index in [1.807, 2.05) is 0 Å². The van der Waals surface area contributed by atoms with Crippen molar-refractivity contribution >= 4 is 33.5 Å². The Bertz CT molecular complexity index is 1010. The van der Waals surface area contributed by atoms with E-state index in [-0.39, 0.29) is 27.3 Å². The highest BCUT2D eigenvalue weighted by atomic mass is 32.2. The summed E-state index contributed by atoms with van der Waals surface area (Å²) in [5, 5.41) is 15.9. The number of carboxylic acids is 1. The number of nitrogens with zero attached hydrogens (tertiary/aromatic N) is 1. The Morgan fingerprint density at radius 1 is 1.00 bits per heavy atom. The highest BCUT2D eigenvalue weighted by molar-refractivity contribution is 7.89. The Labute approximate surface area is 136 Å². The van der Waals surface area contributed by atoms with Gasteiger partial charge in [-0.25, -0.2) is 18.5 Å². The number of hydrogen-bond donors (Lipinski definition) is 1. The van der Waals surface area contributed by atoms with Crippen molar-refractivity contribution in [3.63, 3.8) is 0 Å². The second-order valence-corrected chi connectivity index (χ2v) is 6.60. The fourth-order valence-corrected chi connectivity index (χ4v) is 2.96. The highest BCUT2D eigenvalue weighted by Gasteiger charge is 2.37. The van der Waals surface area contributed by atoms with Gasteiger partial charge in [-0.1, -0.05) is 12.1 Å². The number of fused-ring (bicyclic) bond motifs is 1. The Kier molecular flexibility index (Phi) is 3.47. The second-order valence-electron chi connectivity index (χ2n) is 5.04. The van der Waals surface area contributed by atoms with E-state index in [2.05, 4.69) is 0 Å². The van der Waals surface area contributed by atoms with Gasteiger partial charge in [0.1, 0.15) is 0 Å².